The minimum Gasteiger partial charge on any atom is -0.488 e. The number of halogens is 1. The summed E-state index contributed by atoms with van der Waals surface area (Å²) in [5.74, 6) is -1.92. The van der Waals surface area contributed by atoms with Gasteiger partial charge in [0.15, 0.2) is 11.6 Å². The van der Waals surface area contributed by atoms with Gasteiger partial charge >= 0.3 is 5.97 Å². The van der Waals surface area contributed by atoms with Crippen LogP contribution in [0.5, 0.6) is 5.75 Å². The third-order valence-electron chi connectivity index (χ3n) is 7.14. The van der Waals surface area contributed by atoms with Crippen molar-refractivity contribution >= 4 is 11.9 Å². The number of carbonyl (C=O) groups excluding carboxylic acids is 1. The van der Waals surface area contributed by atoms with Crippen LogP contribution >= 0.6 is 0 Å². The average Bonchev–Trinajstić information content (AvgIpc) is 2.99. The highest BCUT2D eigenvalue weighted by atomic mass is 19.1. The van der Waals surface area contributed by atoms with Crippen molar-refractivity contribution in [1.82, 2.24) is 9.88 Å². The molecule has 1 N–H and O–H groups in total. The number of hydrogen-bond donors (Lipinski definition) is 1. The Morgan fingerprint density at radius 3 is 2.62 bits per heavy atom. The number of carboxylic acid groups (broad SMARTS) is 1. The van der Waals surface area contributed by atoms with Crippen LogP contribution in [0.3, 0.4) is 0 Å². The molecule has 1 amide bonds. The molecule has 228 valence electrons. The van der Waals surface area contributed by atoms with E-state index in [1.165, 1.54) is 41.1 Å². The number of pyridine rings is 1. The zero-order valence-corrected chi connectivity index (χ0v) is 24.2. The van der Waals surface area contributed by atoms with Crippen molar-refractivity contribution in [3.05, 3.63) is 69.1 Å². The number of hydrogen-bond acceptors (Lipinski definition) is 7. The van der Waals surface area contributed by atoms with Crippen LogP contribution in [-0.4, -0.2) is 73.5 Å². The van der Waals surface area contributed by atoms with E-state index in [1.807, 2.05) is 0 Å². The predicted octanol–water partition coefficient (Wildman–Crippen LogP) is 5.21. The monoisotopic (exact) mass is 585 g/mol. The van der Waals surface area contributed by atoms with Crippen molar-refractivity contribution in [2.75, 3.05) is 46.6 Å². The van der Waals surface area contributed by atoms with Crippen LogP contribution in [-0.2, 0) is 38.3 Å². The molecular formula is C30H40FN5O6. The molecule has 3 rings (SSSR count). The van der Waals surface area contributed by atoms with E-state index in [0.717, 1.165) is 31.4 Å². The normalized spacial score (nSPS) is 13.1. The van der Waals surface area contributed by atoms with Crippen LogP contribution in [0, 0.1) is 5.82 Å². The van der Waals surface area contributed by atoms with Gasteiger partial charge in [0.05, 0.1) is 38.9 Å². The molecule has 1 atom stereocenters. The minimum atomic E-state index is -1.09. The maximum Gasteiger partial charge on any atom is 0.305 e. The summed E-state index contributed by atoms with van der Waals surface area (Å²) in [4.78, 5) is 33.4. The summed E-state index contributed by atoms with van der Waals surface area (Å²) in [5.41, 5.74) is 12.2. The molecule has 0 fully saturated rings. The number of rotatable bonds is 19. The van der Waals surface area contributed by atoms with Crippen LogP contribution in [0.4, 0.5) is 4.39 Å². The van der Waals surface area contributed by atoms with Crippen molar-refractivity contribution in [2.24, 2.45) is 5.11 Å². The van der Waals surface area contributed by atoms with Gasteiger partial charge in [0, 0.05) is 36.3 Å². The number of aryl methyl sites for hydroxylation is 3. The number of fused-ring (bicyclic) bond motifs is 1. The highest BCUT2D eigenvalue weighted by Crippen LogP contribution is 2.28. The third-order valence-corrected chi connectivity index (χ3v) is 7.14. The van der Waals surface area contributed by atoms with E-state index in [4.69, 9.17) is 24.7 Å². The number of ether oxygens (including phenoxy) is 3. The second-order valence-corrected chi connectivity index (χ2v) is 10.2. The Balaban J connectivity index is 1.44. The molecule has 0 saturated carbocycles. The minimum absolute atomic E-state index is 0.00630. The summed E-state index contributed by atoms with van der Waals surface area (Å²) in [6, 6.07) is 7.66. The molecule has 1 aliphatic carbocycles. The maximum absolute atomic E-state index is 14.8. The molecule has 0 radical (unpaired) electrons. The van der Waals surface area contributed by atoms with Crippen molar-refractivity contribution in [3.8, 4) is 5.75 Å². The van der Waals surface area contributed by atoms with E-state index in [-0.39, 0.29) is 44.3 Å². The first kappa shape index (κ1) is 32.8. The molecule has 1 heterocycles. The van der Waals surface area contributed by atoms with E-state index in [9.17, 15) is 19.1 Å². The van der Waals surface area contributed by atoms with Gasteiger partial charge in [-0.25, -0.2) is 4.39 Å². The van der Waals surface area contributed by atoms with Gasteiger partial charge in [-0.15, -0.1) is 0 Å². The number of aliphatic carboxylic acids is 1. The Bertz CT molecular complexity index is 1220. The van der Waals surface area contributed by atoms with Crippen molar-refractivity contribution in [1.29, 1.82) is 0 Å². The first-order valence-electron chi connectivity index (χ1n) is 14.4. The standard InChI is InChI=1S/C30H40FN5O6/c1-36(29(37)9-5-3-7-24-12-10-22-6-2-4-8-26(22)34-24)27(21-30(38)39)23-11-13-28(25(31)20-23)42-19-18-41-17-16-40-15-14-33-35-32/h10-13,20,27H,2-9,14-19,21H2,1H3,(H,38,39)/t27-/m0/s1. The van der Waals surface area contributed by atoms with Gasteiger partial charge in [0.25, 0.3) is 0 Å². The highest BCUT2D eigenvalue weighted by Gasteiger charge is 2.25. The Morgan fingerprint density at radius 1 is 1.10 bits per heavy atom. The van der Waals surface area contributed by atoms with Crippen LogP contribution in [0.2, 0.25) is 0 Å². The number of benzene rings is 1. The molecule has 12 heteroatoms. The van der Waals surface area contributed by atoms with Crippen molar-refractivity contribution in [3.63, 3.8) is 0 Å². The molecule has 42 heavy (non-hydrogen) atoms. The number of amides is 1. The Hall–Kier alpha value is -3.73. The van der Waals surface area contributed by atoms with Gasteiger partial charge in [0.2, 0.25) is 5.91 Å². The molecule has 0 unspecified atom stereocenters. The second-order valence-electron chi connectivity index (χ2n) is 10.2. The number of azide groups is 1. The van der Waals surface area contributed by atoms with Crippen LogP contribution < -0.4 is 4.74 Å². The van der Waals surface area contributed by atoms with E-state index >= 15 is 0 Å². The molecule has 1 aromatic heterocycles. The Labute approximate surface area is 245 Å². The van der Waals surface area contributed by atoms with Gasteiger partial charge in [-0.2, -0.15) is 0 Å². The average molecular weight is 586 g/mol. The molecule has 0 spiro atoms. The quantitative estimate of drug-likeness (QED) is 0.103. The van der Waals surface area contributed by atoms with Crippen LogP contribution in [0.15, 0.2) is 35.4 Å². The first-order valence-corrected chi connectivity index (χ1v) is 14.4. The summed E-state index contributed by atoms with van der Waals surface area (Å²) >= 11 is 0. The topological polar surface area (TPSA) is 147 Å². The fourth-order valence-corrected chi connectivity index (χ4v) is 4.87. The number of nitrogens with zero attached hydrogens (tertiary/aromatic N) is 5. The lowest BCUT2D eigenvalue weighted by Gasteiger charge is -2.28. The summed E-state index contributed by atoms with van der Waals surface area (Å²) in [6.45, 7) is 1.50. The molecular weight excluding hydrogens is 545 g/mol. The maximum atomic E-state index is 14.8. The molecule has 1 aromatic carbocycles. The lowest BCUT2D eigenvalue weighted by atomic mass is 9.95. The number of unbranched alkanes of at least 4 members (excludes halogenated alkanes) is 1. The molecule has 0 bridgehead atoms. The van der Waals surface area contributed by atoms with E-state index in [0.29, 0.717) is 31.8 Å². The zero-order valence-electron chi connectivity index (χ0n) is 24.2. The van der Waals surface area contributed by atoms with Gasteiger partial charge in [-0.3, -0.25) is 14.6 Å². The summed E-state index contributed by atoms with van der Waals surface area (Å²) < 4.78 is 30.9. The van der Waals surface area contributed by atoms with Gasteiger partial charge in [-0.1, -0.05) is 17.2 Å². The summed E-state index contributed by atoms with van der Waals surface area (Å²) in [7, 11) is 1.56. The number of carboxylic acids is 1. The molecule has 1 aliphatic rings. The molecule has 0 aliphatic heterocycles. The molecule has 11 nitrogen and oxygen atoms in total. The highest BCUT2D eigenvalue weighted by molar-refractivity contribution is 5.77. The first-order chi connectivity index (χ1) is 20.4. The Morgan fingerprint density at radius 2 is 1.86 bits per heavy atom. The smallest absolute Gasteiger partial charge is 0.305 e. The van der Waals surface area contributed by atoms with Crippen molar-refractivity contribution in [2.45, 2.75) is 63.8 Å². The van der Waals surface area contributed by atoms with Crippen molar-refractivity contribution < 1.29 is 33.3 Å². The molecule has 2 aromatic rings. The predicted molar refractivity (Wildman–Crippen MR) is 154 cm³/mol. The second kappa shape index (κ2) is 17.9. The third kappa shape index (κ3) is 10.9. The fraction of sp³-hybridized carbons (Fsp3) is 0.567. The lowest BCUT2D eigenvalue weighted by molar-refractivity contribution is -0.140. The number of aromatic nitrogens is 1. The lowest BCUT2D eigenvalue weighted by Crippen LogP contribution is -2.32. The van der Waals surface area contributed by atoms with Gasteiger partial charge in [-0.05, 0) is 79.8 Å². The Kier molecular flexibility index (Phi) is 14.0. The van der Waals surface area contributed by atoms with E-state index < -0.39 is 17.8 Å². The zero-order chi connectivity index (χ0) is 30.2. The van der Waals surface area contributed by atoms with Gasteiger partial charge in [0.1, 0.15) is 6.61 Å². The van der Waals surface area contributed by atoms with Gasteiger partial charge < -0.3 is 24.2 Å². The fourth-order valence-electron chi connectivity index (χ4n) is 4.87. The summed E-state index contributed by atoms with van der Waals surface area (Å²) in [6.07, 6.45) is 6.65. The number of carbonyl (C=O) groups is 2. The molecule has 0 saturated heterocycles. The van der Waals surface area contributed by atoms with Crippen LogP contribution in [0.25, 0.3) is 10.4 Å². The largest absolute Gasteiger partial charge is 0.488 e. The summed E-state index contributed by atoms with van der Waals surface area (Å²) in [5, 5.41) is 12.8. The van der Waals surface area contributed by atoms with Crippen LogP contribution in [0.1, 0.15) is 67.1 Å². The van der Waals surface area contributed by atoms with E-state index in [2.05, 4.69) is 22.2 Å². The SMILES string of the molecule is CN(C(=O)CCCCc1ccc2c(n1)CCCC2)[C@@H](CC(=O)O)c1ccc(OCCOCCOCCN=[N+]=[N-])c(F)c1. The van der Waals surface area contributed by atoms with E-state index in [1.54, 1.807) is 13.1 Å².